The Balaban J connectivity index is 1.97. The van der Waals surface area contributed by atoms with E-state index in [1.807, 2.05) is 0 Å². The van der Waals surface area contributed by atoms with Gasteiger partial charge in [-0.3, -0.25) is 0 Å². The van der Waals surface area contributed by atoms with E-state index < -0.39 is 5.97 Å². The zero-order chi connectivity index (χ0) is 14.6. The quantitative estimate of drug-likeness (QED) is 0.829. The summed E-state index contributed by atoms with van der Waals surface area (Å²) in [5.41, 5.74) is 0.620. The zero-order valence-electron chi connectivity index (χ0n) is 12.4. The van der Waals surface area contributed by atoms with Gasteiger partial charge in [0.15, 0.2) is 0 Å². The predicted molar refractivity (Wildman–Crippen MR) is 80.0 cm³/mol. The molecule has 110 valence electrons. The van der Waals surface area contributed by atoms with Gasteiger partial charge in [0, 0.05) is 12.7 Å². The number of hydrogen-bond acceptors (Lipinski definition) is 3. The first-order valence-electron chi connectivity index (χ1n) is 7.44. The van der Waals surface area contributed by atoms with Crippen LogP contribution in [0.5, 0.6) is 0 Å². The summed E-state index contributed by atoms with van der Waals surface area (Å²) in [5, 5.41) is 12.3. The van der Waals surface area contributed by atoms with Crippen molar-refractivity contribution in [3.05, 3.63) is 23.9 Å². The number of hydrogen-bond donors (Lipinski definition) is 2. The van der Waals surface area contributed by atoms with Crippen LogP contribution in [0, 0.1) is 11.3 Å². The molecule has 0 aliphatic heterocycles. The van der Waals surface area contributed by atoms with Gasteiger partial charge in [-0.05, 0) is 42.7 Å². The lowest BCUT2D eigenvalue weighted by Gasteiger charge is -2.31. The van der Waals surface area contributed by atoms with Gasteiger partial charge in [-0.2, -0.15) is 0 Å². The van der Waals surface area contributed by atoms with E-state index in [2.05, 4.69) is 24.1 Å². The third kappa shape index (κ3) is 3.71. The van der Waals surface area contributed by atoms with Gasteiger partial charge in [0.25, 0.3) is 0 Å². The second kappa shape index (κ2) is 6.25. The van der Waals surface area contributed by atoms with Crippen LogP contribution in [-0.2, 0) is 0 Å². The van der Waals surface area contributed by atoms with Crippen LogP contribution in [0.15, 0.2) is 18.3 Å². The predicted octanol–water partition coefficient (Wildman–Crippen LogP) is 3.80. The number of aromatic carboxylic acids is 1. The molecule has 0 spiro atoms. The molecule has 1 aromatic rings. The molecule has 1 aliphatic carbocycles. The van der Waals surface area contributed by atoms with Crippen molar-refractivity contribution in [2.45, 2.75) is 46.0 Å². The number of nitrogens with zero attached hydrogens (tertiary/aromatic N) is 1. The van der Waals surface area contributed by atoms with Gasteiger partial charge < -0.3 is 10.4 Å². The molecule has 20 heavy (non-hydrogen) atoms. The number of carboxylic acids is 1. The minimum atomic E-state index is -0.934. The fraction of sp³-hybridized carbons (Fsp3) is 0.625. The molecule has 0 bridgehead atoms. The minimum absolute atomic E-state index is 0.230. The Morgan fingerprint density at radius 3 is 2.60 bits per heavy atom. The molecular weight excluding hydrogens is 252 g/mol. The molecule has 1 aromatic heterocycles. The summed E-state index contributed by atoms with van der Waals surface area (Å²) in [6.07, 6.45) is 7.86. The lowest BCUT2D eigenvalue weighted by Crippen LogP contribution is -2.28. The monoisotopic (exact) mass is 276 g/mol. The number of nitrogens with one attached hydrogen (secondary N) is 1. The summed E-state index contributed by atoms with van der Waals surface area (Å²) in [6, 6.07) is 3.35. The fourth-order valence-electron chi connectivity index (χ4n) is 3.35. The van der Waals surface area contributed by atoms with Crippen molar-refractivity contribution in [3.63, 3.8) is 0 Å². The molecule has 0 saturated heterocycles. The third-order valence-corrected chi connectivity index (χ3v) is 4.16. The second-order valence-electron chi connectivity index (χ2n) is 6.40. The molecule has 0 aromatic carbocycles. The van der Waals surface area contributed by atoms with Gasteiger partial charge in [0.1, 0.15) is 5.82 Å². The standard InChI is InChI=1S/C16H24N2O2/c1-12(2)9-16(7-3-4-8-16)11-18-14-6-5-13(10-17-14)15(19)20/h5-6,10,12H,3-4,7-9,11H2,1-2H3,(H,17,18)(H,19,20). The van der Waals surface area contributed by atoms with E-state index in [-0.39, 0.29) is 5.56 Å². The van der Waals surface area contributed by atoms with Gasteiger partial charge >= 0.3 is 5.97 Å². The smallest absolute Gasteiger partial charge is 0.337 e. The van der Waals surface area contributed by atoms with Gasteiger partial charge in [-0.1, -0.05) is 26.7 Å². The first-order chi connectivity index (χ1) is 9.51. The van der Waals surface area contributed by atoms with Gasteiger partial charge in [-0.25, -0.2) is 9.78 Å². The Morgan fingerprint density at radius 1 is 1.40 bits per heavy atom. The van der Waals surface area contributed by atoms with Crippen LogP contribution in [0.25, 0.3) is 0 Å². The molecule has 0 unspecified atom stereocenters. The number of aromatic nitrogens is 1. The topological polar surface area (TPSA) is 62.2 Å². The third-order valence-electron chi connectivity index (χ3n) is 4.16. The summed E-state index contributed by atoms with van der Waals surface area (Å²) >= 11 is 0. The highest BCUT2D eigenvalue weighted by molar-refractivity contribution is 5.87. The average molecular weight is 276 g/mol. The SMILES string of the molecule is CC(C)CC1(CNc2ccc(C(=O)O)cn2)CCCC1. The Hall–Kier alpha value is -1.58. The molecule has 2 rings (SSSR count). The van der Waals surface area contributed by atoms with Crippen molar-refractivity contribution >= 4 is 11.8 Å². The van der Waals surface area contributed by atoms with Crippen molar-refractivity contribution in [1.29, 1.82) is 0 Å². The first kappa shape index (κ1) is 14.8. The van der Waals surface area contributed by atoms with Crippen molar-refractivity contribution in [2.75, 3.05) is 11.9 Å². The van der Waals surface area contributed by atoms with Crippen LogP contribution in [-0.4, -0.2) is 22.6 Å². The van der Waals surface area contributed by atoms with E-state index in [4.69, 9.17) is 5.11 Å². The van der Waals surface area contributed by atoms with E-state index in [1.165, 1.54) is 38.3 Å². The van der Waals surface area contributed by atoms with Gasteiger partial charge in [-0.15, -0.1) is 0 Å². The molecule has 1 saturated carbocycles. The molecule has 0 atom stereocenters. The maximum absolute atomic E-state index is 10.8. The van der Waals surface area contributed by atoms with Crippen LogP contribution in [0.4, 0.5) is 5.82 Å². The van der Waals surface area contributed by atoms with E-state index in [9.17, 15) is 4.79 Å². The number of carboxylic acid groups (broad SMARTS) is 1. The summed E-state index contributed by atoms with van der Waals surface area (Å²) in [7, 11) is 0. The lowest BCUT2D eigenvalue weighted by molar-refractivity contribution is 0.0696. The molecule has 0 radical (unpaired) electrons. The highest BCUT2D eigenvalue weighted by Gasteiger charge is 2.34. The second-order valence-corrected chi connectivity index (χ2v) is 6.40. The van der Waals surface area contributed by atoms with E-state index >= 15 is 0 Å². The molecule has 1 heterocycles. The number of anilines is 1. The largest absolute Gasteiger partial charge is 0.478 e. The van der Waals surface area contributed by atoms with Crippen molar-refractivity contribution in [1.82, 2.24) is 4.98 Å². The summed E-state index contributed by atoms with van der Waals surface area (Å²) in [5.74, 6) is 0.540. The summed E-state index contributed by atoms with van der Waals surface area (Å²) in [6.45, 7) is 5.49. The fourth-order valence-corrected chi connectivity index (χ4v) is 3.35. The normalized spacial score (nSPS) is 17.4. The zero-order valence-corrected chi connectivity index (χ0v) is 12.4. The minimum Gasteiger partial charge on any atom is -0.478 e. The van der Waals surface area contributed by atoms with Crippen molar-refractivity contribution in [2.24, 2.45) is 11.3 Å². The van der Waals surface area contributed by atoms with Crippen LogP contribution in [0.2, 0.25) is 0 Å². The molecule has 2 N–H and O–H groups in total. The molecule has 4 nitrogen and oxygen atoms in total. The number of pyridine rings is 1. The Kier molecular flexibility index (Phi) is 4.63. The molecule has 4 heteroatoms. The van der Waals surface area contributed by atoms with Gasteiger partial charge in [0.2, 0.25) is 0 Å². The maximum atomic E-state index is 10.8. The lowest BCUT2D eigenvalue weighted by atomic mass is 9.78. The Bertz CT molecular complexity index is 448. The summed E-state index contributed by atoms with van der Waals surface area (Å²) < 4.78 is 0. The van der Waals surface area contributed by atoms with Gasteiger partial charge in [0.05, 0.1) is 5.56 Å². The molecular formula is C16H24N2O2. The average Bonchev–Trinajstić information content (AvgIpc) is 2.85. The van der Waals surface area contributed by atoms with Crippen LogP contribution in [0.3, 0.4) is 0 Å². The molecule has 0 amide bonds. The Labute approximate surface area is 120 Å². The van der Waals surface area contributed by atoms with Crippen LogP contribution in [0.1, 0.15) is 56.3 Å². The van der Waals surface area contributed by atoms with Crippen molar-refractivity contribution in [3.8, 4) is 0 Å². The summed E-state index contributed by atoms with van der Waals surface area (Å²) in [4.78, 5) is 15.0. The van der Waals surface area contributed by atoms with Crippen LogP contribution < -0.4 is 5.32 Å². The Morgan fingerprint density at radius 2 is 2.10 bits per heavy atom. The van der Waals surface area contributed by atoms with E-state index in [0.29, 0.717) is 11.3 Å². The molecule has 1 fully saturated rings. The highest BCUT2D eigenvalue weighted by Crippen LogP contribution is 2.43. The van der Waals surface area contributed by atoms with Crippen molar-refractivity contribution < 1.29 is 9.90 Å². The molecule has 1 aliphatic rings. The van der Waals surface area contributed by atoms with E-state index in [0.717, 1.165) is 12.4 Å². The first-order valence-corrected chi connectivity index (χ1v) is 7.44. The van der Waals surface area contributed by atoms with E-state index in [1.54, 1.807) is 12.1 Å². The van der Waals surface area contributed by atoms with Crippen LogP contribution >= 0.6 is 0 Å². The highest BCUT2D eigenvalue weighted by atomic mass is 16.4. The maximum Gasteiger partial charge on any atom is 0.337 e. The number of rotatable bonds is 6. The number of carbonyl (C=O) groups is 1.